The van der Waals surface area contributed by atoms with Crippen molar-refractivity contribution in [2.75, 3.05) is 11.1 Å². The van der Waals surface area contributed by atoms with Gasteiger partial charge < -0.3 is 5.32 Å². The standard InChI is InChI=1S/C22H21FN2OS/c1-14-10-11-15(12-18(14)23)24-21(26)13-27-22-16-6-2-4-8-19(16)25-20-9-5-3-7-17(20)22/h2,4,6,8,10-12H,3,5,7,9,13H2,1H3,(H,24,26). The van der Waals surface area contributed by atoms with Gasteiger partial charge in [-0.15, -0.1) is 11.8 Å². The maximum absolute atomic E-state index is 13.7. The lowest BCUT2D eigenvalue weighted by molar-refractivity contribution is -0.113. The Morgan fingerprint density at radius 3 is 2.85 bits per heavy atom. The highest BCUT2D eigenvalue weighted by Gasteiger charge is 2.19. The van der Waals surface area contributed by atoms with E-state index in [9.17, 15) is 9.18 Å². The molecule has 1 aliphatic carbocycles. The molecule has 138 valence electrons. The number of carbonyl (C=O) groups excluding carboxylic acids is 1. The summed E-state index contributed by atoms with van der Waals surface area (Å²) in [4.78, 5) is 18.4. The number of aromatic nitrogens is 1. The van der Waals surface area contributed by atoms with Crippen LogP contribution in [0.1, 0.15) is 29.7 Å². The molecule has 0 saturated carbocycles. The van der Waals surface area contributed by atoms with E-state index in [4.69, 9.17) is 4.98 Å². The Morgan fingerprint density at radius 1 is 1.19 bits per heavy atom. The summed E-state index contributed by atoms with van der Waals surface area (Å²) >= 11 is 1.55. The Hall–Kier alpha value is -2.40. The number of anilines is 1. The number of fused-ring (bicyclic) bond motifs is 2. The summed E-state index contributed by atoms with van der Waals surface area (Å²) in [5.74, 6) is -0.154. The molecule has 1 amide bonds. The van der Waals surface area contributed by atoms with Crippen LogP contribution in [0.2, 0.25) is 0 Å². The summed E-state index contributed by atoms with van der Waals surface area (Å²) in [7, 11) is 0. The van der Waals surface area contributed by atoms with Crippen LogP contribution in [0.4, 0.5) is 10.1 Å². The number of hydrogen-bond donors (Lipinski definition) is 1. The Morgan fingerprint density at radius 2 is 2.00 bits per heavy atom. The number of rotatable bonds is 4. The lowest BCUT2D eigenvalue weighted by Crippen LogP contribution is -2.15. The lowest BCUT2D eigenvalue weighted by atomic mass is 9.94. The molecule has 0 unspecified atom stereocenters. The van der Waals surface area contributed by atoms with Gasteiger partial charge in [-0.25, -0.2) is 4.39 Å². The molecule has 27 heavy (non-hydrogen) atoms. The molecule has 3 nitrogen and oxygen atoms in total. The molecule has 5 heteroatoms. The fourth-order valence-electron chi connectivity index (χ4n) is 3.50. The van der Waals surface area contributed by atoms with Gasteiger partial charge in [0.1, 0.15) is 5.82 Å². The highest BCUT2D eigenvalue weighted by atomic mass is 32.2. The normalized spacial score (nSPS) is 13.4. The number of benzene rings is 2. The van der Waals surface area contributed by atoms with E-state index in [0.29, 0.717) is 11.3 Å². The van der Waals surface area contributed by atoms with Gasteiger partial charge in [0.2, 0.25) is 5.91 Å². The van der Waals surface area contributed by atoms with Crippen LogP contribution in [-0.2, 0) is 17.6 Å². The molecule has 1 N–H and O–H groups in total. The minimum Gasteiger partial charge on any atom is -0.325 e. The van der Waals surface area contributed by atoms with Gasteiger partial charge in [-0.05, 0) is 61.9 Å². The van der Waals surface area contributed by atoms with Crippen molar-refractivity contribution < 1.29 is 9.18 Å². The first-order valence-corrected chi connectivity index (χ1v) is 10.2. The van der Waals surface area contributed by atoms with Gasteiger partial charge in [0, 0.05) is 21.7 Å². The van der Waals surface area contributed by atoms with Crippen molar-refractivity contribution in [2.24, 2.45) is 0 Å². The zero-order chi connectivity index (χ0) is 18.8. The highest BCUT2D eigenvalue weighted by molar-refractivity contribution is 8.00. The first kappa shape index (κ1) is 18.0. The van der Waals surface area contributed by atoms with E-state index in [1.165, 1.54) is 28.6 Å². The maximum atomic E-state index is 13.7. The van der Waals surface area contributed by atoms with E-state index in [1.807, 2.05) is 18.2 Å². The van der Waals surface area contributed by atoms with Crippen LogP contribution in [0.15, 0.2) is 47.4 Å². The number of halogens is 1. The molecule has 4 rings (SSSR count). The van der Waals surface area contributed by atoms with Crippen molar-refractivity contribution in [1.29, 1.82) is 0 Å². The number of para-hydroxylation sites is 1. The van der Waals surface area contributed by atoms with Crippen molar-refractivity contribution in [3.8, 4) is 0 Å². The Labute approximate surface area is 162 Å². The van der Waals surface area contributed by atoms with Crippen molar-refractivity contribution in [3.63, 3.8) is 0 Å². The van der Waals surface area contributed by atoms with Gasteiger partial charge >= 0.3 is 0 Å². The minimum atomic E-state index is -0.311. The third-order valence-corrected chi connectivity index (χ3v) is 6.08. The van der Waals surface area contributed by atoms with Crippen LogP contribution in [-0.4, -0.2) is 16.6 Å². The van der Waals surface area contributed by atoms with Gasteiger partial charge in [0.25, 0.3) is 0 Å². The number of hydrogen-bond acceptors (Lipinski definition) is 3. The average Bonchev–Trinajstić information content (AvgIpc) is 2.68. The van der Waals surface area contributed by atoms with E-state index in [1.54, 1.807) is 30.8 Å². The summed E-state index contributed by atoms with van der Waals surface area (Å²) in [5, 5.41) is 3.90. The number of pyridine rings is 1. The molecule has 0 fully saturated rings. The average molecular weight is 380 g/mol. The number of carbonyl (C=O) groups is 1. The van der Waals surface area contributed by atoms with Crippen molar-refractivity contribution >= 4 is 34.3 Å². The zero-order valence-corrected chi connectivity index (χ0v) is 16.0. The van der Waals surface area contributed by atoms with Crippen LogP contribution in [0.5, 0.6) is 0 Å². The minimum absolute atomic E-state index is 0.131. The molecule has 0 saturated heterocycles. The van der Waals surface area contributed by atoms with Crippen LogP contribution in [0.3, 0.4) is 0 Å². The van der Waals surface area contributed by atoms with Crippen LogP contribution >= 0.6 is 11.8 Å². The quantitative estimate of drug-likeness (QED) is 0.625. The van der Waals surface area contributed by atoms with Crippen molar-refractivity contribution in [3.05, 3.63) is 65.1 Å². The first-order valence-electron chi connectivity index (χ1n) is 9.21. The number of nitrogens with zero attached hydrogens (tertiary/aromatic N) is 1. The Balaban J connectivity index is 1.56. The molecular weight excluding hydrogens is 359 g/mol. The molecule has 1 aliphatic rings. The van der Waals surface area contributed by atoms with E-state index in [0.717, 1.165) is 30.2 Å². The molecule has 0 bridgehead atoms. The highest BCUT2D eigenvalue weighted by Crippen LogP contribution is 2.36. The topological polar surface area (TPSA) is 42.0 Å². The second-order valence-electron chi connectivity index (χ2n) is 6.89. The molecule has 0 aliphatic heterocycles. The van der Waals surface area contributed by atoms with E-state index < -0.39 is 0 Å². The summed E-state index contributed by atoms with van der Waals surface area (Å²) in [5.41, 5.74) is 4.51. The SMILES string of the molecule is Cc1ccc(NC(=O)CSc2c3c(nc4ccccc24)CCCC3)cc1F. The van der Waals surface area contributed by atoms with Crippen LogP contribution in [0, 0.1) is 12.7 Å². The smallest absolute Gasteiger partial charge is 0.234 e. The summed E-state index contributed by atoms with van der Waals surface area (Å²) in [6.07, 6.45) is 4.35. The second kappa shape index (κ2) is 7.69. The number of nitrogens with one attached hydrogen (secondary N) is 1. The predicted octanol–water partition coefficient (Wildman–Crippen LogP) is 5.29. The lowest BCUT2D eigenvalue weighted by Gasteiger charge is -2.20. The van der Waals surface area contributed by atoms with Gasteiger partial charge in [0.15, 0.2) is 0 Å². The predicted molar refractivity (Wildman–Crippen MR) is 109 cm³/mol. The molecule has 3 aromatic rings. The first-order chi connectivity index (χ1) is 13.1. The summed E-state index contributed by atoms with van der Waals surface area (Å²) in [6, 6.07) is 12.9. The van der Waals surface area contributed by atoms with Gasteiger partial charge in [-0.2, -0.15) is 0 Å². The monoisotopic (exact) mass is 380 g/mol. The third kappa shape index (κ3) is 3.83. The molecular formula is C22H21FN2OS. The zero-order valence-electron chi connectivity index (χ0n) is 15.2. The van der Waals surface area contributed by atoms with Crippen LogP contribution < -0.4 is 5.32 Å². The van der Waals surface area contributed by atoms with E-state index in [2.05, 4.69) is 11.4 Å². The van der Waals surface area contributed by atoms with Gasteiger partial charge in [-0.3, -0.25) is 9.78 Å². The Bertz CT molecular complexity index is 1020. The van der Waals surface area contributed by atoms with Crippen LogP contribution in [0.25, 0.3) is 10.9 Å². The third-order valence-electron chi connectivity index (χ3n) is 4.92. The van der Waals surface area contributed by atoms with Gasteiger partial charge in [-0.1, -0.05) is 24.3 Å². The molecule has 1 heterocycles. The van der Waals surface area contributed by atoms with Crippen molar-refractivity contribution in [1.82, 2.24) is 4.98 Å². The fraction of sp³-hybridized carbons (Fsp3) is 0.273. The maximum Gasteiger partial charge on any atom is 0.234 e. The Kier molecular flexibility index (Phi) is 5.12. The largest absolute Gasteiger partial charge is 0.325 e. The molecule has 0 radical (unpaired) electrons. The van der Waals surface area contributed by atoms with Crippen molar-refractivity contribution in [2.45, 2.75) is 37.5 Å². The number of thioether (sulfide) groups is 1. The number of aryl methyl sites for hydroxylation is 2. The fourth-order valence-corrected chi connectivity index (χ4v) is 4.57. The molecule has 0 atom stereocenters. The molecule has 1 aromatic heterocycles. The number of amides is 1. The van der Waals surface area contributed by atoms with E-state index >= 15 is 0 Å². The summed E-state index contributed by atoms with van der Waals surface area (Å²) in [6.45, 7) is 1.70. The second-order valence-corrected chi connectivity index (χ2v) is 7.88. The molecule has 2 aromatic carbocycles. The van der Waals surface area contributed by atoms with E-state index in [-0.39, 0.29) is 17.5 Å². The summed E-state index contributed by atoms with van der Waals surface area (Å²) < 4.78 is 13.7. The molecule has 0 spiro atoms. The van der Waals surface area contributed by atoms with Gasteiger partial charge in [0.05, 0.1) is 11.3 Å².